The molecule has 0 aliphatic heterocycles. The van der Waals surface area contributed by atoms with E-state index >= 15 is 0 Å². The second-order valence-corrected chi connectivity index (χ2v) is 16.4. The predicted octanol–water partition coefficient (Wildman–Crippen LogP) is 2.92. The number of hydrogen-bond donors (Lipinski definition) is 0. The van der Waals surface area contributed by atoms with E-state index in [4.69, 9.17) is 31.5 Å². The van der Waals surface area contributed by atoms with Crippen LogP contribution in [0.15, 0.2) is 24.3 Å². The summed E-state index contributed by atoms with van der Waals surface area (Å²) in [6, 6.07) is 10.3. The molecule has 1 nitrogen and oxygen atoms in total. The predicted molar refractivity (Wildman–Crippen MR) is 56.5 cm³/mol. The van der Waals surface area contributed by atoms with Crippen LogP contribution in [0.4, 0.5) is 0 Å². The summed E-state index contributed by atoms with van der Waals surface area (Å²) in [4.78, 5) is 0. The fourth-order valence-electron chi connectivity index (χ4n) is 0.504. The molecule has 0 saturated heterocycles. The van der Waals surface area contributed by atoms with Gasteiger partial charge < -0.3 is 4.74 Å². The molecule has 1 aromatic rings. The minimum absolute atomic E-state index is 0.854. The Hall–Kier alpha value is 0.689. The first kappa shape index (κ1) is 12.7. The van der Waals surface area contributed by atoms with Crippen molar-refractivity contribution < 1.29 is 4.74 Å². The van der Waals surface area contributed by atoms with Gasteiger partial charge in [0.1, 0.15) is 5.75 Å². The number of hydrogen-bond acceptors (Lipinski definition) is 1. The van der Waals surface area contributed by atoms with E-state index in [1.807, 2.05) is 18.2 Å². The van der Waals surface area contributed by atoms with Crippen LogP contribution in [-0.4, -0.2) is 23.5 Å². The third-order valence-electron chi connectivity index (χ3n) is 0.914. The van der Waals surface area contributed by atoms with E-state index in [1.54, 1.807) is 13.2 Å². The zero-order chi connectivity index (χ0) is 9.40. The Morgan fingerprint density at radius 3 is 2.25 bits per heavy atom. The van der Waals surface area contributed by atoms with Crippen LogP contribution in [0.3, 0.4) is 0 Å². The monoisotopic (exact) mass is 333 g/mol. The van der Waals surface area contributed by atoms with E-state index in [1.165, 1.54) is 0 Å². The maximum atomic E-state index is 5.02. The Kier molecular flexibility index (Phi) is 8.77. The molecular formula is C7H8Cl3OSn. The average molecular weight is 333 g/mol. The van der Waals surface area contributed by atoms with E-state index in [-0.39, 0.29) is 0 Å². The second kappa shape index (κ2) is 8.29. The summed E-state index contributed by atoms with van der Waals surface area (Å²) in [5, 5.41) is 0. The van der Waals surface area contributed by atoms with Crippen LogP contribution in [0, 0.1) is 6.07 Å². The molecule has 0 amide bonds. The van der Waals surface area contributed by atoms with Crippen molar-refractivity contribution in [2.45, 2.75) is 0 Å². The molecule has 0 fully saturated rings. The van der Waals surface area contributed by atoms with Crippen LogP contribution in [-0.2, 0) is 0 Å². The molecule has 0 N–H and O–H groups in total. The van der Waals surface area contributed by atoms with Crippen molar-refractivity contribution in [2.24, 2.45) is 0 Å². The summed E-state index contributed by atoms with van der Waals surface area (Å²) in [6.07, 6.45) is 0. The number of benzene rings is 1. The first-order valence-corrected chi connectivity index (χ1v) is 15.6. The minimum atomic E-state index is -2.22. The maximum absolute atomic E-state index is 5.02. The quantitative estimate of drug-likeness (QED) is 0.718. The van der Waals surface area contributed by atoms with Gasteiger partial charge >= 0.3 is 43.1 Å². The average Bonchev–Trinajstić information content (AvgIpc) is 2.05. The normalized spacial score (nSPS) is 8.75. The topological polar surface area (TPSA) is 9.23 Å². The van der Waals surface area contributed by atoms with Crippen LogP contribution in [0.1, 0.15) is 0 Å². The van der Waals surface area contributed by atoms with Crippen LogP contribution in [0.2, 0.25) is 0 Å². The Labute approximate surface area is 90.5 Å². The number of halogens is 3. The molecule has 0 aliphatic carbocycles. The Morgan fingerprint density at radius 1 is 1.42 bits per heavy atom. The molecule has 0 heterocycles. The molecule has 0 atom stereocenters. The summed E-state index contributed by atoms with van der Waals surface area (Å²) < 4.78 is 4.88. The van der Waals surface area contributed by atoms with Gasteiger partial charge in [0, 0.05) is 0 Å². The molecular weight excluding hydrogens is 325 g/mol. The van der Waals surface area contributed by atoms with Gasteiger partial charge in [-0.3, -0.25) is 0 Å². The van der Waals surface area contributed by atoms with Gasteiger partial charge in [0.25, 0.3) is 0 Å². The molecule has 0 aromatic heterocycles. The zero-order valence-corrected chi connectivity index (χ0v) is 12.0. The molecule has 0 unspecified atom stereocenters. The third kappa shape index (κ3) is 8.78. The van der Waals surface area contributed by atoms with Crippen LogP contribution in [0.25, 0.3) is 0 Å². The molecule has 1 rings (SSSR count). The number of methoxy groups -OCH3 is 1. The van der Waals surface area contributed by atoms with E-state index in [9.17, 15) is 0 Å². The van der Waals surface area contributed by atoms with Gasteiger partial charge in [0.15, 0.2) is 0 Å². The first-order valence-electron chi connectivity index (χ1n) is 3.09. The van der Waals surface area contributed by atoms with Crippen molar-refractivity contribution in [2.75, 3.05) is 7.11 Å². The van der Waals surface area contributed by atoms with Crippen molar-refractivity contribution in [1.82, 2.24) is 0 Å². The fraction of sp³-hybridized carbons (Fsp3) is 0.143. The van der Waals surface area contributed by atoms with Gasteiger partial charge in [-0.25, -0.2) is 0 Å². The van der Waals surface area contributed by atoms with Crippen LogP contribution in [0.5, 0.6) is 5.75 Å². The number of rotatable bonds is 1. The van der Waals surface area contributed by atoms with Gasteiger partial charge in [0.2, 0.25) is 0 Å². The molecule has 1 aromatic carbocycles. The molecule has 0 spiro atoms. The molecule has 12 heavy (non-hydrogen) atoms. The van der Waals surface area contributed by atoms with Gasteiger partial charge in [-0.05, 0) is 18.2 Å². The fourth-order valence-corrected chi connectivity index (χ4v) is 0.504. The van der Waals surface area contributed by atoms with Crippen LogP contribution < -0.4 is 4.74 Å². The van der Waals surface area contributed by atoms with Gasteiger partial charge in [-0.2, -0.15) is 0 Å². The molecule has 67 valence electrons. The van der Waals surface area contributed by atoms with Gasteiger partial charge in [-0.1, -0.05) is 12.1 Å². The summed E-state index contributed by atoms with van der Waals surface area (Å²) in [6.45, 7) is 0. The Morgan fingerprint density at radius 2 is 2.00 bits per heavy atom. The van der Waals surface area contributed by atoms with Crippen molar-refractivity contribution in [3.05, 3.63) is 30.3 Å². The van der Waals surface area contributed by atoms with Gasteiger partial charge in [-0.15, -0.1) is 0 Å². The molecule has 1 radical (unpaired) electrons. The summed E-state index contributed by atoms with van der Waals surface area (Å²) in [5.74, 6) is 0.854. The summed E-state index contributed by atoms with van der Waals surface area (Å²) >= 11 is -2.22. The molecule has 0 bridgehead atoms. The van der Waals surface area contributed by atoms with Crippen molar-refractivity contribution >= 4 is 43.1 Å². The summed E-state index contributed by atoms with van der Waals surface area (Å²) in [5.41, 5.74) is 0. The number of ether oxygens (including phenoxy) is 1. The molecule has 0 aliphatic rings. The van der Waals surface area contributed by atoms with Crippen LogP contribution >= 0.6 is 26.8 Å². The summed E-state index contributed by atoms with van der Waals surface area (Å²) in [7, 11) is 16.7. The second-order valence-electron chi connectivity index (χ2n) is 1.69. The first-order chi connectivity index (χ1) is 5.66. The third-order valence-corrected chi connectivity index (χ3v) is 0.914. The van der Waals surface area contributed by atoms with E-state index in [2.05, 4.69) is 6.07 Å². The Bertz CT molecular complexity index is 190. The van der Waals surface area contributed by atoms with Crippen molar-refractivity contribution in [3.8, 4) is 5.75 Å². The molecule has 0 saturated carbocycles. The van der Waals surface area contributed by atoms with Gasteiger partial charge in [0.05, 0.1) is 7.11 Å². The SMILES string of the molecule is COc1c[c]ccc1.[Cl][SnH]([Cl])[Cl]. The Balaban J connectivity index is 0.000000261. The standard InChI is InChI=1S/C7H7O.3ClH.Sn.H/c1-8-7-5-3-2-4-6-7;;;;;/h2-3,5-6H,1H3;3*1H;;/q;;;;+3;/p-3. The zero-order valence-electron chi connectivity index (χ0n) is 6.43. The van der Waals surface area contributed by atoms with E-state index in [0.29, 0.717) is 0 Å². The van der Waals surface area contributed by atoms with E-state index in [0.717, 1.165) is 5.75 Å². The van der Waals surface area contributed by atoms with Crippen molar-refractivity contribution in [1.29, 1.82) is 0 Å². The van der Waals surface area contributed by atoms with Crippen molar-refractivity contribution in [3.63, 3.8) is 0 Å². The van der Waals surface area contributed by atoms with E-state index < -0.39 is 16.4 Å². The molecule has 5 heteroatoms.